The molecule has 0 aliphatic carbocycles. The van der Waals surface area contributed by atoms with Gasteiger partial charge in [-0.05, 0) is 25.1 Å². The lowest BCUT2D eigenvalue weighted by Crippen LogP contribution is -2.23. The number of aryl methyl sites for hydroxylation is 1. The molecule has 0 aliphatic rings. The molecule has 0 aliphatic heterocycles. The number of aromatic nitrogens is 1. The van der Waals surface area contributed by atoms with Gasteiger partial charge in [-0.25, -0.2) is 4.39 Å². The molecule has 2 aromatic rings. The first-order valence-electron chi connectivity index (χ1n) is 5.72. The van der Waals surface area contributed by atoms with Gasteiger partial charge in [-0.2, -0.15) is 0 Å². The predicted molar refractivity (Wildman–Crippen MR) is 65.2 cm³/mol. The zero-order valence-electron chi connectivity index (χ0n) is 9.74. The first-order chi connectivity index (χ1) is 8.22. The minimum absolute atomic E-state index is 0.0192. The number of fused-ring (bicyclic) bond motifs is 1. The van der Waals surface area contributed by atoms with E-state index in [0.29, 0.717) is 24.9 Å². The van der Waals surface area contributed by atoms with Crippen LogP contribution < -0.4 is 5.32 Å². The average Bonchev–Trinajstić information content (AvgIpc) is 2.72. The van der Waals surface area contributed by atoms with Crippen LogP contribution in [0.2, 0.25) is 0 Å². The molecule has 0 unspecified atom stereocenters. The van der Waals surface area contributed by atoms with Crippen molar-refractivity contribution in [1.29, 1.82) is 0 Å². The Morgan fingerprint density at radius 2 is 2.24 bits per heavy atom. The zero-order chi connectivity index (χ0) is 12.3. The van der Waals surface area contributed by atoms with E-state index in [2.05, 4.69) is 5.32 Å². The van der Waals surface area contributed by atoms with E-state index in [9.17, 15) is 9.18 Å². The third-order valence-electron chi connectivity index (χ3n) is 2.71. The van der Waals surface area contributed by atoms with Gasteiger partial charge >= 0.3 is 0 Å². The molecule has 0 radical (unpaired) electrons. The number of benzene rings is 1. The monoisotopic (exact) mass is 234 g/mol. The number of rotatable bonds is 4. The van der Waals surface area contributed by atoms with Crippen LogP contribution >= 0.6 is 0 Å². The van der Waals surface area contributed by atoms with Crippen LogP contribution in [0.4, 0.5) is 4.39 Å². The van der Waals surface area contributed by atoms with Gasteiger partial charge in [0.1, 0.15) is 5.82 Å². The molecule has 1 aromatic heterocycles. The van der Waals surface area contributed by atoms with E-state index in [0.717, 1.165) is 5.52 Å². The van der Waals surface area contributed by atoms with Crippen LogP contribution in [0.5, 0.6) is 0 Å². The summed E-state index contributed by atoms with van der Waals surface area (Å²) in [6.07, 6.45) is 2.22. The van der Waals surface area contributed by atoms with Gasteiger partial charge in [0.2, 0.25) is 5.91 Å². The number of hydrogen-bond donors (Lipinski definition) is 1. The molecule has 0 saturated carbocycles. The van der Waals surface area contributed by atoms with E-state index in [1.54, 1.807) is 12.1 Å². The minimum atomic E-state index is -0.223. The lowest BCUT2D eigenvalue weighted by atomic mass is 10.2. The molecule has 17 heavy (non-hydrogen) atoms. The molecular weight excluding hydrogens is 219 g/mol. The van der Waals surface area contributed by atoms with E-state index in [4.69, 9.17) is 0 Å². The molecule has 0 saturated heterocycles. The van der Waals surface area contributed by atoms with Gasteiger partial charge in [0.25, 0.3) is 0 Å². The highest BCUT2D eigenvalue weighted by Crippen LogP contribution is 2.19. The molecule has 90 valence electrons. The maximum Gasteiger partial charge on any atom is 0.221 e. The molecule has 2 rings (SSSR count). The molecule has 1 amide bonds. The Morgan fingerprint density at radius 3 is 3.00 bits per heavy atom. The Hall–Kier alpha value is -1.84. The van der Waals surface area contributed by atoms with Gasteiger partial charge in [-0.15, -0.1) is 0 Å². The van der Waals surface area contributed by atoms with E-state index < -0.39 is 0 Å². The van der Waals surface area contributed by atoms with E-state index >= 15 is 0 Å². The highest BCUT2D eigenvalue weighted by molar-refractivity contribution is 5.81. The summed E-state index contributed by atoms with van der Waals surface area (Å²) in [5, 5.41) is 3.34. The standard InChI is InChI=1S/C13H15FN2O/c1-2-15-13(17)7-9-16-8-6-10-11(14)4-3-5-12(10)16/h3-6,8H,2,7,9H2,1H3,(H,15,17). The third-order valence-corrected chi connectivity index (χ3v) is 2.71. The van der Waals surface area contributed by atoms with Crippen LogP contribution in [-0.2, 0) is 11.3 Å². The summed E-state index contributed by atoms with van der Waals surface area (Å²) < 4.78 is 15.3. The van der Waals surface area contributed by atoms with Crippen molar-refractivity contribution in [2.24, 2.45) is 0 Å². The summed E-state index contributed by atoms with van der Waals surface area (Å²) in [4.78, 5) is 11.3. The molecule has 0 fully saturated rings. The second-order valence-corrected chi connectivity index (χ2v) is 3.89. The lowest BCUT2D eigenvalue weighted by Gasteiger charge is -2.05. The maximum absolute atomic E-state index is 13.4. The second kappa shape index (κ2) is 4.99. The highest BCUT2D eigenvalue weighted by Gasteiger charge is 2.06. The van der Waals surface area contributed by atoms with Crippen molar-refractivity contribution in [3.8, 4) is 0 Å². The van der Waals surface area contributed by atoms with Crippen LogP contribution in [0.25, 0.3) is 10.9 Å². The Morgan fingerprint density at radius 1 is 1.41 bits per heavy atom. The molecule has 1 aromatic carbocycles. The number of nitrogens with one attached hydrogen (secondary N) is 1. The Labute approximate surface area is 99.2 Å². The number of nitrogens with zero attached hydrogens (tertiary/aromatic N) is 1. The molecule has 4 heteroatoms. The summed E-state index contributed by atoms with van der Waals surface area (Å²) in [6.45, 7) is 3.09. The van der Waals surface area contributed by atoms with Gasteiger partial charge in [-0.3, -0.25) is 4.79 Å². The van der Waals surface area contributed by atoms with Crippen LogP contribution in [0.15, 0.2) is 30.5 Å². The van der Waals surface area contributed by atoms with E-state index in [-0.39, 0.29) is 11.7 Å². The zero-order valence-corrected chi connectivity index (χ0v) is 9.74. The van der Waals surface area contributed by atoms with Crippen molar-refractivity contribution in [3.05, 3.63) is 36.3 Å². The van der Waals surface area contributed by atoms with Crippen molar-refractivity contribution in [2.45, 2.75) is 19.9 Å². The van der Waals surface area contributed by atoms with Gasteiger partial charge in [0.05, 0.1) is 5.52 Å². The van der Waals surface area contributed by atoms with Crippen molar-refractivity contribution in [2.75, 3.05) is 6.54 Å². The number of hydrogen-bond acceptors (Lipinski definition) is 1. The minimum Gasteiger partial charge on any atom is -0.356 e. The molecular formula is C13H15FN2O. The van der Waals surface area contributed by atoms with Crippen molar-refractivity contribution >= 4 is 16.8 Å². The number of amides is 1. The summed E-state index contributed by atoms with van der Waals surface area (Å²) in [5.74, 6) is -0.204. The second-order valence-electron chi connectivity index (χ2n) is 3.89. The van der Waals surface area contributed by atoms with Crippen LogP contribution in [0.1, 0.15) is 13.3 Å². The van der Waals surface area contributed by atoms with Crippen LogP contribution in [0, 0.1) is 5.82 Å². The van der Waals surface area contributed by atoms with Crippen molar-refractivity contribution in [3.63, 3.8) is 0 Å². The summed E-state index contributed by atoms with van der Waals surface area (Å²) in [7, 11) is 0. The molecule has 0 bridgehead atoms. The van der Waals surface area contributed by atoms with Gasteiger partial charge in [-0.1, -0.05) is 6.07 Å². The topological polar surface area (TPSA) is 34.0 Å². The van der Waals surface area contributed by atoms with Crippen molar-refractivity contribution < 1.29 is 9.18 Å². The molecule has 1 N–H and O–H groups in total. The van der Waals surface area contributed by atoms with Gasteiger partial charge in [0.15, 0.2) is 0 Å². The fourth-order valence-corrected chi connectivity index (χ4v) is 1.89. The normalized spacial score (nSPS) is 10.7. The maximum atomic E-state index is 13.4. The fraction of sp³-hybridized carbons (Fsp3) is 0.308. The smallest absolute Gasteiger partial charge is 0.221 e. The van der Waals surface area contributed by atoms with Gasteiger partial charge < -0.3 is 9.88 Å². The SMILES string of the molecule is CCNC(=O)CCn1ccc2c(F)cccc21. The van der Waals surface area contributed by atoms with Crippen LogP contribution in [-0.4, -0.2) is 17.0 Å². The fourth-order valence-electron chi connectivity index (χ4n) is 1.89. The number of carbonyl (C=O) groups is 1. The molecule has 0 atom stereocenters. The Balaban J connectivity index is 2.14. The van der Waals surface area contributed by atoms with E-state index in [1.807, 2.05) is 23.8 Å². The summed E-state index contributed by atoms with van der Waals surface area (Å²) in [6, 6.07) is 6.72. The van der Waals surface area contributed by atoms with E-state index in [1.165, 1.54) is 6.07 Å². The van der Waals surface area contributed by atoms with Crippen molar-refractivity contribution in [1.82, 2.24) is 9.88 Å². The Kier molecular flexibility index (Phi) is 3.42. The molecule has 0 spiro atoms. The summed E-state index contributed by atoms with van der Waals surface area (Å²) >= 11 is 0. The number of halogens is 1. The van der Waals surface area contributed by atoms with Crippen LogP contribution in [0.3, 0.4) is 0 Å². The quantitative estimate of drug-likeness (QED) is 0.865. The number of carbonyl (C=O) groups excluding carboxylic acids is 1. The molecule has 1 heterocycles. The Bertz CT molecular complexity index is 533. The highest BCUT2D eigenvalue weighted by atomic mass is 19.1. The average molecular weight is 234 g/mol. The molecule has 3 nitrogen and oxygen atoms in total. The first-order valence-corrected chi connectivity index (χ1v) is 5.72. The lowest BCUT2D eigenvalue weighted by molar-refractivity contribution is -0.121. The summed E-state index contributed by atoms with van der Waals surface area (Å²) in [5.41, 5.74) is 0.828. The largest absolute Gasteiger partial charge is 0.356 e. The van der Waals surface area contributed by atoms with Gasteiger partial charge in [0, 0.05) is 31.1 Å². The predicted octanol–water partition coefficient (Wildman–Crippen LogP) is 2.31. The third kappa shape index (κ3) is 2.46. The first kappa shape index (κ1) is 11.6.